The summed E-state index contributed by atoms with van der Waals surface area (Å²) < 4.78 is 46.5. The van der Waals surface area contributed by atoms with E-state index in [1.54, 1.807) is 6.07 Å². The summed E-state index contributed by atoms with van der Waals surface area (Å²) in [5.74, 6) is -5.93. The SMILES string of the molecule is C[C@H]([C@H](C(=O)Nc1cc(C(CC(=O)O)[C@H]2CCCO2)ccc1Cl)c1ccc(Cl)cc1)C(F)(F)F. The van der Waals surface area contributed by atoms with E-state index in [-0.39, 0.29) is 28.8 Å². The summed E-state index contributed by atoms with van der Waals surface area (Å²) in [5, 5.41) is 12.3. The third-order valence-electron chi connectivity index (χ3n) is 6.01. The van der Waals surface area contributed by atoms with Gasteiger partial charge in [-0.2, -0.15) is 13.2 Å². The number of carboxylic acid groups (broad SMARTS) is 1. The highest BCUT2D eigenvalue weighted by molar-refractivity contribution is 6.33. The van der Waals surface area contributed by atoms with Gasteiger partial charge in [-0.1, -0.05) is 48.3 Å². The van der Waals surface area contributed by atoms with E-state index in [9.17, 15) is 27.9 Å². The van der Waals surface area contributed by atoms with E-state index in [4.69, 9.17) is 27.9 Å². The molecular formula is C24H24Cl2F3NO4. The number of anilines is 1. The van der Waals surface area contributed by atoms with Crippen molar-refractivity contribution in [2.75, 3.05) is 11.9 Å². The minimum atomic E-state index is -4.63. The molecule has 0 aliphatic carbocycles. The van der Waals surface area contributed by atoms with Crippen molar-refractivity contribution in [3.8, 4) is 0 Å². The fourth-order valence-electron chi connectivity index (χ4n) is 4.18. The highest BCUT2D eigenvalue weighted by Gasteiger charge is 2.45. The third kappa shape index (κ3) is 6.43. The Morgan fingerprint density at radius 1 is 1.15 bits per heavy atom. The van der Waals surface area contributed by atoms with Crippen molar-refractivity contribution in [3.63, 3.8) is 0 Å². The van der Waals surface area contributed by atoms with E-state index < -0.39 is 35.8 Å². The van der Waals surface area contributed by atoms with E-state index in [0.29, 0.717) is 23.6 Å². The van der Waals surface area contributed by atoms with E-state index in [1.165, 1.54) is 36.4 Å². The van der Waals surface area contributed by atoms with E-state index in [1.807, 2.05) is 0 Å². The highest BCUT2D eigenvalue weighted by atomic mass is 35.5. The molecule has 2 aromatic rings. The Kier molecular flexibility index (Phi) is 8.49. The van der Waals surface area contributed by atoms with Crippen molar-refractivity contribution in [1.29, 1.82) is 0 Å². The molecule has 1 unspecified atom stereocenters. The number of rotatable bonds is 8. The quantitative estimate of drug-likeness (QED) is 0.410. The Balaban J connectivity index is 1.93. The van der Waals surface area contributed by atoms with Gasteiger partial charge in [-0.3, -0.25) is 9.59 Å². The number of hydrogen-bond acceptors (Lipinski definition) is 3. The zero-order valence-corrected chi connectivity index (χ0v) is 19.8. The van der Waals surface area contributed by atoms with Gasteiger partial charge in [0.25, 0.3) is 0 Å². The molecule has 0 bridgehead atoms. The van der Waals surface area contributed by atoms with Gasteiger partial charge in [0.15, 0.2) is 0 Å². The van der Waals surface area contributed by atoms with Gasteiger partial charge in [-0.25, -0.2) is 0 Å². The number of nitrogens with one attached hydrogen (secondary N) is 1. The summed E-state index contributed by atoms with van der Waals surface area (Å²) in [6.45, 7) is 1.47. The maximum absolute atomic E-state index is 13.6. The van der Waals surface area contributed by atoms with Crippen LogP contribution in [0.1, 0.15) is 49.1 Å². The normalized spacial score (nSPS) is 18.8. The smallest absolute Gasteiger partial charge is 0.392 e. The van der Waals surface area contributed by atoms with Crippen LogP contribution in [0.2, 0.25) is 10.0 Å². The molecule has 1 saturated heterocycles. The number of carbonyl (C=O) groups excluding carboxylic acids is 1. The number of amides is 1. The number of hydrogen-bond donors (Lipinski definition) is 2. The molecular weight excluding hydrogens is 494 g/mol. The molecule has 1 fully saturated rings. The lowest BCUT2D eigenvalue weighted by Gasteiger charge is -2.26. The molecule has 34 heavy (non-hydrogen) atoms. The second-order valence-corrected chi connectivity index (χ2v) is 9.19. The standard InChI is InChI=1S/C24H24Cl2F3NO4/c1-13(24(27,28)29)22(14-4-7-16(25)8-5-14)23(33)30-19-11-15(6-9-18(19)26)17(12-21(31)32)20-3-2-10-34-20/h4-9,11,13,17,20,22H,2-3,10,12H2,1H3,(H,30,33)(H,31,32)/t13-,17?,20-,22+/m1/s1. The summed E-state index contributed by atoms with van der Waals surface area (Å²) in [7, 11) is 0. The number of carbonyl (C=O) groups is 2. The lowest BCUT2D eigenvalue weighted by atomic mass is 9.85. The van der Waals surface area contributed by atoms with Crippen LogP contribution in [0.15, 0.2) is 42.5 Å². The van der Waals surface area contributed by atoms with Crippen LogP contribution in [0.4, 0.5) is 18.9 Å². The molecule has 2 aromatic carbocycles. The highest BCUT2D eigenvalue weighted by Crippen LogP contribution is 2.40. The monoisotopic (exact) mass is 517 g/mol. The molecule has 0 spiro atoms. The summed E-state index contributed by atoms with van der Waals surface area (Å²) >= 11 is 12.1. The third-order valence-corrected chi connectivity index (χ3v) is 6.59. The molecule has 0 radical (unpaired) electrons. The fraction of sp³-hybridized carbons (Fsp3) is 0.417. The minimum Gasteiger partial charge on any atom is -0.481 e. The predicted molar refractivity (Wildman–Crippen MR) is 123 cm³/mol. The summed E-state index contributed by atoms with van der Waals surface area (Å²) in [6, 6.07) is 10.2. The summed E-state index contributed by atoms with van der Waals surface area (Å²) in [4.78, 5) is 24.6. The Morgan fingerprint density at radius 2 is 1.79 bits per heavy atom. The molecule has 1 aliphatic heterocycles. The Labute approximate surface area is 205 Å². The Bertz CT molecular complexity index is 1020. The first-order valence-corrected chi connectivity index (χ1v) is 11.5. The van der Waals surface area contributed by atoms with E-state index in [0.717, 1.165) is 13.3 Å². The zero-order chi connectivity index (χ0) is 25.0. The topological polar surface area (TPSA) is 75.6 Å². The molecule has 1 amide bonds. The number of carboxylic acids is 1. The van der Waals surface area contributed by atoms with Crippen molar-refractivity contribution in [2.45, 2.75) is 50.3 Å². The molecule has 5 nitrogen and oxygen atoms in total. The average Bonchev–Trinajstić information content (AvgIpc) is 3.29. The lowest BCUT2D eigenvalue weighted by Crippen LogP contribution is -2.34. The number of halogens is 5. The van der Waals surface area contributed by atoms with Crippen LogP contribution in [0.5, 0.6) is 0 Å². The van der Waals surface area contributed by atoms with Crippen molar-refractivity contribution in [3.05, 3.63) is 63.6 Å². The Morgan fingerprint density at radius 3 is 2.35 bits per heavy atom. The van der Waals surface area contributed by atoms with Crippen LogP contribution in [-0.4, -0.2) is 35.9 Å². The van der Waals surface area contributed by atoms with Crippen LogP contribution >= 0.6 is 23.2 Å². The molecule has 4 atom stereocenters. The van der Waals surface area contributed by atoms with Gasteiger partial charge in [0.05, 0.1) is 35.1 Å². The van der Waals surface area contributed by atoms with Crippen molar-refractivity contribution >= 4 is 40.8 Å². The molecule has 2 N–H and O–H groups in total. The molecule has 0 saturated carbocycles. The van der Waals surface area contributed by atoms with Crippen molar-refractivity contribution in [2.24, 2.45) is 5.92 Å². The largest absolute Gasteiger partial charge is 0.481 e. The second kappa shape index (κ2) is 11.0. The first-order valence-electron chi connectivity index (χ1n) is 10.7. The zero-order valence-electron chi connectivity index (χ0n) is 18.2. The average molecular weight is 518 g/mol. The van der Waals surface area contributed by atoms with Gasteiger partial charge >= 0.3 is 12.1 Å². The molecule has 1 heterocycles. The Hall–Kier alpha value is -2.29. The van der Waals surface area contributed by atoms with Crippen molar-refractivity contribution < 1.29 is 32.6 Å². The van der Waals surface area contributed by atoms with Gasteiger partial charge in [-0.15, -0.1) is 0 Å². The van der Waals surface area contributed by atoms with Crippen LogP contribution in [0, 0.1) is 5.92 Å². The number of benzene rings is 2. The van der Waals surface area contributed by atoms with Gasteiger partial charge in [-0.05, 0) is 48.2 Å². The molecule has 1 aliphatic rings. The summed E-state index contributed by atoms with van der Waals surface area (Å²) in [5.41, 5.74) is 0.828. The number of ether oxygens (including phenoxy) is 1. The number of alkyl halides is 3. The molecule has 3 rings (SSSR count). The minimum absolute atomic E-state index is 0.103. The maximum atomic E-state index is 13.6. The molecule has 10 heteroatoms. The summed E-state index contributed by atoms with van der Waals surface area (Å²) in [6.07, 6.45) is -3.65. The van der Waals surface area contributed by atoms with E-state index in [2.05, 4.69) is 5.32 Å². The fourth-order valence-corrected chi connectivity index (χ4v) is 4.47. The lowest BCUT2D eigenvalue weighted by molar-refractivity contribution is -0.178. The van der Waals surface area contributed by atoms with Crippen LogP contribution in [0.3, 0.4) is 0 Å². The van der Waals surface area contributed by atoms with Gasteiger partial charge < -0.3 is 15.2 Å². The van der Waals surface area contributed by atoms with Gasteiger partial charge in [0.1, 0.15) is 0 Å². The van der Waals surface area contributed by atoms with Crippen LogP contribution in [-0.2, 0) is 14.3 Å². The van der Waals surface area contributed by atoms with Crippen LogP contribution in [0.25, 0.3) is 0 Å². The van der Waals surface area contributed by atoms with Gasteiger partial charge in [0.2, 0.25) is 5.91 Å². The van der Waals surface area contributed by atoms with Crippen molar-refractivity contribution in [1.82, 2.24) is 0 Å². The predicted octanol–water partition coefficient (Wildman–Crippen LogP) is 6.65. The molecule has 0 aromatic heterocycles. The molecule has 184 valence electrons. The first kappa shape index (κ1) is 26.3. The van der Waals surface area contributed by atoms with Crippen LogP contribution < -0.4 is 5.32 Å². The maximum Gasteiger partial charge on any atom is 0.392 e. The van der Waals surface area contributed by atoms with Gasteiger partial charge in [0, 0.05) is 17.5 Å². The second-order valence-electron chi connectivity index (χ2n) is 8.34. The van der Waals surface area contributed by atoms with E-state index >= 15 is 0 Å². The first-order chi connectivity index (χ1) is 16.0. The number of aliphatic carboxylic acids is 1.